The first kappa shape index (κ1) is 16.9. The summed E-state index contributed by atoms with van der Waals surface area (Å²) in [5, 5.41) is 5.39. The van der Waals surface area contributed by atoms with Gasteiger partial charge >= 0.3 is 0 Å². The van der Waals surface area contributed by atoms with Gasteiger partial charge in [-0.2, -0.15) is 0 Å². The first-order chi connectivity index (χ1) is 10.0. The number of carbonyl (C=O) groups excluding carboxylic acids is 2. The molecule has 21 heavy (non-hydrogen) atoms. The minimum absolute atomic E-state index is 0.150. The molecule has 0 radical (unpaired) electrons. The third-order valence-electron chi connectivity index (χ3n) is 3.22. The summed E-state index contributed by atoms with van der Waals surface area (Å²) in [6, 6.07) is 2.34. The molecule has 0 bridgehead atoms. The lowest BCUT2D eigenvalue weighted by atomic mass is 10.1. The van der Waals surface area contributed by atoms with Crippen molar-refractivity contribution in [3.05, 3.63) is 23.5 Å². The maximum Gasteiger partial charge on any atom is 0.219 e. The molecule has 5 nitrogen and oxygen atoms in total. The SMILES string of the molecule is CCc1cc(OC)c(NC(C=O)CCC(=O)NC)cc1F. The minimum Gasteiger partial charge on any atom is -0.495 e. The van der Waals surface area contributed by atoms with Crippen LogP contribution < -0.4 is 15.4 Å². The third-order valence-corrected chi connectivity index (χ3v) is 3.22. The van der Waals surface area contributed by atoms with Crippen LogP contribution in [0, 0.1) is 5.82 Å². The number of hydrogen-bond donors (Lipinski definition) is 2. The van der Waals surface area contributed by atoms with Crippen molar-refractivity contribution in [1.29, 1.82) is 0 Å². The fraction of sp³-hybridized carbons (Fsp3) is 0.467. The molecule has 0 spiro atoms. The van der Waals surface area contributed by atoms with Crippen LogP contribution >= 0.6 is 0 Å². The molecule has 0 aromatic heterocycles. The number of halogens is 1. The molecule has 1 atom stereocenters. The van der Waals surface area contributed by atoms with E-state index in [1.54, 1.807) is 6.07 Å². The van der Waals surface area contributed by atoms with Gasteiger partial charge in [0, 0.05) is 19.5 Å². The van der Waals surface area contributed by atoms with E-state index >= 15 is 0 Å². The van der Waals surface area contributed by atoms with Crippen LogP contribution in [-0.2, 0) is 16.0 Å². The van der Waals surface area contributed by atoms with Crippen molar-refractivity contribution in [3.63, 3.8) is 0 Å². The van der Waals surface area contributed by atoms with E-state index in [2.05, 4.69) is 10.6 Å². The highest BCUT2D eigenvalue weighted by atomic mass is 19.1. The van der Waals surface area contributed by atoms with Gasteiger partial charge in [-0.05, 0) is 24.5 Å². The number of aldehydes is 1. The number of anilines is 1. The molecule has 116 valence electrons. The predicted octanol–water partition coefficient (Wildman–Crippen LogP) is 1.90. The monoisotopic (exact) mass is 296 g/mol. The van der Waals surface area contributed by atoms with Gasteiger partial charge in [-0.15, -0.1) is 0 Å². The molecular weight excluding hydrogens is 275 g/mol. The fourth-order valence-corrected chi connectivity index (χ4v) is 1.93. The van der Waals surface area contributed by atoms with Crippen LogP contribution in [0.2, 0.25) is 0 Å². The Labute approximate surface area is 123 Å². The van der Waals surface area contributed by atoms with E-state index in [-0.39, 0.29) is 18.1 Å². The zero-order chi connectivity index (χ0) is 15.8. The van der Waals surface area contributed by atoms with Crippen LogP contribution in [0.1, 0.15) is 25.3 Å². The minimum atomic E-state index is -0.580. The van der Waals surface area contributed by atoms with Gasteiger partial charge in [0.05, 0.1) is 18.8 Å². The maximum absolute atomic E-state index is 13.8. The first-order valence-corrected chi connectivity index (χ1v) is 6.84. The molecule has 0 saturated carbocycles. The summed E-state index contributed by atoms with van der Waals surface area (Å²) in [5.74, 6) is -0.0279. The Hall–Kier alpha value is -2.11. The van der Waals surface area contributed by atoms with Crippen molar-refractivity contribution >= 4 is 17.9 Å². The quantitative estimate of drug-likeness (QED) is 0.719. The molecule has 2 N–H and O–H groups in total. The molecule has 0 saturated heterocycles. The third kappa shape index (κ3) is 4.73. The Morgan fingerprint density at radius 1 is 1.48 bits per heavy atom. The molecular formula is C15H21FN2O3. The number of rotatable bonds is 8. The molecule has 0 aliphatic carbocycles. The normalized spacial score (nSPS) is 11.6. The number of nitrogens with one attached hydrogen (secondary N) is 2. The number of ether oxygens (including phenoxy) is 1. The molecule has 0 aliphatic rings. The summed E-state index contributed by atoms with van der Waals surface area (Å²) >= 11 is 0. The highest BCUT2D eigenvalue weighted by Crippen LogP contribution is 2.29. The molecule has 1 amide bonds. The Balaban J connectivity index is 2.86. The number of hydrogen-bond acceptors (Lipinski definition) is 4. The second-order valence-corrected chi connectivity index (χ2v) is 4.60. The zero-order valence-corrected chi connectivity index (χ0v) is 12.5. The maximum atomic E-state index is 13.8. The lowest BCUT2D eigenvalue weighted by Gasteiger charge is -2.17. The fourth-order valence-electron chi connectivity index (χ4n) is 1.93. The van der Waals surface area contributed by atoms with Gasteiger partial charge < -0.3 is 20.2 Å². The molecule has 0 heterocycles. The Morgan fingerprint density at radius 3 is 2.71 bits per heavy atom. The lowest BCUT2D eigenvalue weighted by Crippen LogP contribution is -2.25. The molecule has 0 aliphatic heterocycles. The Morgan fingerprint density at radius 2 is 2.19 bits per heavy atom. The van der Waals surface area contributed by atoms with E-state index in [0.717, 1.165) is 0 Å². The summed E-state index contributed by atoms with van der Waals surface area (Å²) in [6.45, 7) is 1.85. The van der Waals surface area contributed by atoms with Gasteiger partial charge in [0.25, 0.3) is 0 Å². The Bertz CT molecular complexity index is 506. The number of methoxy groups -OCH3 is 1. The predicted molar refractivity (Wildman–Crippen MR) is 79.1 cm³/mol. The summed E-state index contributed by atoms with van der Waals surface area (Å²) < 4.78 is 19.1. The Kier molecular flexibility index (Phi) is 6.65. The number of carbonyl (C=O) groups is 2. The average Bonchev–Trinajstić information content (AvgIpc) is 2.51. The number of benzene rings is 1. The molecule has 0 fully saturated rings. The largest absolute Gasteiger partial charge is 0.495 e. The standard InChI is InChI=1S/C15H21FN2O3/c1-4-10-7-14(21-3)13(8-12(10)16)18-11(9-19)5-6-15(20)17-2/h7-9,11,18H,4-6H2,1-3H3,(H,17,20). The van der Waals surface area contributed by atoms with Crippen LogP contribution in [0.15, 0.2) is 12.1 Å². The van der Waals surface area contributed by atoms with E-state index < -0.39 is 6.04 Å². The van der Waals surface area contributed by atoms with Crippen molar-refractivity contribution < 1.29 is 18.7 Å². The van der Waals surface area contributed by atoms with Gasteiger partial charge in [-0.25, -0.2) is 4.39 Å². The van der Waals surface area contributed by atoms with Gasteiger partial charge in [0.15, 0.2) is 0 Å². The second kappa shape index (κ2) is 8.24. The number of aryl methyl sites for hydroxylation is 1. The molecule has 6 heteroatoms. The van der Waals surface area contributed by atoms with Crippen LogP contribution in [0.25, 0.3) is 0 Å². The highest BCUT2D eigenvalue weighted by Gasteiger charge is 2.14. The van der Waals surface area contributed by atoms with E-state index in [1.807, 2.05) is 6.92 Å². The van der Waals surface area contributed by atoms with Crippen molar-refractivity contribution in [2.45, 2.75) is 32.2 Å². The lowest BCUT2D eigenvalue weighted by molar-refractivity contribution is -0.120. The molecule has 1 aromatic carbocycles. The number of amides is 1. The summed E-state index contributed by atoms with van der Waals surface area (Å²) in [4.78, 5) is 22.3. The van der Waals surface area contributed by atoms with E-state index in [1.165, 1.54) is 20.2 Å². The first-order valence-electron chi connectivity index (χ1n) is 6.84. The average molecular weight is 296 g/mol. The topological polar surface area (TPSA) is 67.4 Å². The zero-order valence-electron chi connectivity index (χ0n) is 12.5. The molecule has 1 aromatic rings. The van der Waals surface area contributed by atoms with Crippen molar-refractivity contribution in [1.82, 2.24) is 5.32 Å². The van der Waals surface area contributed by atoms with Gasteiger partial charge in [0.2, 0.25) is 5.91 Å². The van der Waals surface area contributed by atoms with E-state index in [0.29, 0.717) is 36.1 Å². The van der Waals surface area contributed by atoms with Crippen LogP contribution in [0.4, 0.5) is 10.1 Å². The highest BCUT2D eigenvalue weighted by molar-refractivity contribution is 5.76. The van der Waals surface area contributed by atoms with Crippen molar-refractivity contribution in [2.75, 3.05) is 19.5 Å². The van der Waals surface area contributed by atoms with Crippen LogP contribution in [0.3, 0.4) is 0 Å². The van der Waals surface area contributed by atoms with Gasteiger partial charge in [0.1, 0.15) is 17.9 Å². The smallest absolute Gasteiger partial charge is 0.219 e. The van der Waals surface area contributed by atoms with E-state index in [9.17, 15) is 14.0 Å². The summed E-state index contributed by atoms with van der Waals surface area (Å²) in [7, 11) is 3.02. The van der Waals surface area contributed by atoms with Gasteiger partial charge in [-0.1, -0.05) is 6.92 Å². The second-order valence-electron chi connectivity index (χ2n) is 4.60. The van der Waals surface area contributed by atoms with Crippen LogP contribution in [0.5, 0.6) is 5.75 Å². The van der Waals surface area contributed by atoms with Crippen molar-refractivity contribution in [2.24, 2.45) is 0 Å². The molecule has 1 rings (SSSR count). The van der Waals surface area contributed by atoms with Crippen molar-refractivity contribution in [3.8, 4) is 5.75 Å². The van der Waals surface area contributed by atoms with Gasteiger partial charge in [-0.3, -0.25) is 4.79 Å². The van der Waals surface area contributed by atoms with E-state index in [4.69, 9.17) is 4.74 Å². The summed E-state index contributed by atoms with van der Waals surface area (Å²) in [5.41, 5.74) is 0.951. The molecule has 1 unspecified atom stereocenters. The van der Waals surface area contributed by atoms with Crippen LogP contribution in [-0.4, -0.2) is 32.4 Å². The summed E-state index contributed by atoms with van der Waals surface area (Å²) in [6.07, 6.45) is 1.79.